The lowest BCUT2D eigenvalue weighted by atomic mass is 10.1. The number of hydrogen-bond acceptors (Lipinski definition) is 4. The largest absolute Gasteiger partial charge is 0.450 e. The fourth-order valence-corrected chi connectivity index (χ4v) is 3.31. The van der Waals surface area contributed by atoms with Crippen molar-refractivity contribution in [1.29, 1.82) is 0 Å². The molecule has 0 radical (unpaired) electrons. The number of furan rings is 1. The first-order chi connectivity index (χ1) is 14.0. The monoisotopic (exact) mass is 387 g/mol. The van der Waals surface area contributed by atoms with Gasteiger partial charge in [-0.25, -0.2) is 0 Å². The van der Waals surface area contributed by atoms with Crippen molar-refractivity contribution < 1.29 is 14.0 Å². The van der Waals surface area contributed by atoms with Gasteiger partial charge in [0.2, 0.25) is 5.78 Å². The highest BCUT2D eigenvalue weighted by atomic mass is 16.3. The van der Waals surface area contributed by atoms with Crippen LogP contribution in [-0.4, -0.2) is 21.5 Å². The normalized spacial score (nSPS) is 11.0. The predicted molar refractivity (Wildman–Crippen MR) is 111 cm³/mol. The summed E-state index contributed by atoms with van der Waals surface area (Å²) in [5.41, 5.74) is 3.66. The summed E-state index contributed by atoms with van der Waals surface area (Å²) >= 11 is 0. The molecule has 4 rings (SSSR count). The highest BCUT2D eigenvalue weighted by Gasteiger charge is 2.24. The van der Waals surface area contributed by atoms with E-state index in [4.69, 9.17) is 4.42 Å². The number of rotatable bonds is 5. The summed E-state index contributed by atoms with van der Waals surface area (Å²) in [6.45, 7) is 6.28. The maximum Gasteiger partial charge on any atom is 0.274 e. The zero-order valence-corrected chi connectivity index (χ0v) is 16.5. The molecule has 6 nitrogen and oxygen atoms in total. The van der Waals surface area contributed by atoms with Crippen LogP contribution in [0.1, 0.15) is 44.8 Å². The number of anilines is 1. The molecule has 0 aliphatic carbocycles. The summed E-state index contributed by atoms with van der Waals surface area (Å²) in [4.78, 5) is 26.1. The van der Waals surface area contributed by atoms with Crippen LogP contribution in [0.4, 0.5) is 5.69 Å². The lowest BCUT2D eigenvalue weighted by Crippen LogP contribution is -2.18. The first-order valence-corrected chi connectivity index (χ1v) is 9.46. The van der Waals surface area contributed by atoms with Crippen molar-refractivity contribution in [2.24, 2.45) is 0 Å². The Kier molecular flexibility index (Phi) is 4.76. The molecule has 0 spiro atoms. The molecule has 1 N–H and O–H groups in total. The van der Waals surface area contributed by atoms with Gasteiger partial charge >= 0.3 is 0 Å². The minimum atomic E-state index is -0.336. The number of carbonyl (C=O) groups is 2. The zero-order chi connectivity index (χ0) is 20.5. The first kappa shape index (κ1) is 18.7. The van der Waals surface area contributed by atoms with Gasteiger partial charge in [-0.2, -0.15) is 5.10 Å². The average molecular weight is 387 g/mol. The standard InChI is InChI=1S/C23H21N3O3/c1-4-26-18(13-15(3)25-26)23(28)24-20-17-7-5-6-8-19(17)29-22(20)21(27)16-11-9-14(2)10-12-16/h5-13H,4H2,1-3H3,(H,24,28). The molecule has 2 aromatic heterocycles. The van der Waals surface area contributed by atoms with Crippen molar-refractivity contribution in [2.45, 2.75) is 27.3 Å². The SMILES string of the molecule is CCn1nc(C)cc1C(=O)Nc1c(C(=O)c2ccc(C)cc2)oc2ccccc12. The number of nitrogens with zero attached hydrogens (tertiary/aromatic N) is 2. The van der Waals surface area contributed by atoms with Gasteiger partial charge in [0.15, 0.2) is 5.76 Å². The van der Waals surface area contributed by atoms with Crippen molar-refractivity contribution in [2.75, 3.05) is 5.32 Å². The van der Waals surface area contributed by atoms with Crippen molar-refractivity contribution in [1.82, 2.24) is 9.78 Å². The molecule has 0 saturated carbocycles. The van der Waals surface area contributed by atoms with Gasteiger partial charge in [0, 0.05) is 17.5 Å². The summed E-state index contributed by atoms with van der Waals surface area (Å²) < 4.78 is 7.49. The van der Waals surface area contributed by atoms with Crippen molar-refractivity contribution >= 4 is 28.3 Å². The second-order valence-electron chi connectivity index (χ2n) is 6.94. The van der Waals surface area contributed by atoms with Crippen LogP contribution in [-0.2, 0) is 6.54 Å². The molecule has 0 unspecified atom stereocenters. The van der Waals surface area contributed by atoms with Gasteiger partial charge in [-0.1, -0.05) is 42.0 Å². The third-order valence-electron chi connectivity index (χ3n) is 4.79. The van der Waals surface area contributed by atoms with Crippen LogP contribution in [0.2, 0.25) is 0 Å². The molecule has 0 aliphatic rings. The minimum absolute atomic E-state index is 0.114. The van der Waals surface area contributed by atoms with E-state index in [0.29, 0.717) is 34.5 Å². The fourth-order valence-electron chi connectivity index (χ4n) is 3.31. The van der Waals surface area contributed by atoms with E-state index in [9.17, 15) is 9.59 Å². The molecule has 6 heteroatoms. The second-order valence-corrected chi connectivity index (χ2v) is 6.94. The molecule has 0 saturated heterocycles. The van der Waals surface area contributed by atoms with Crippen LogP contribution in [0.15, 0.2) is 59.0 Å². The number of para-hydroxylation sites is 1. The van der Waals surface area contributed by atoms with Crippen molar-refractivity contribution in [3.63, 3.8) is 0 Å². The van der Waals surface area contributed by atoms with Crippen molar-refractivity contribution in [3.05, 3.63) is 82.9 Å². The van der Waals surface area contributed by atoms with Gasteiger partial charge in [-0.3, -0.25) is 14.3 Å². The number of fused-ring (bicyclic) bond motifs is 1. The molecule has 29 heavy (non-hydrogen) atoms. The Morgan fingerprint density at radius 2 is 1.79 bits per heavy atom. The number of hydrogen-bond donors (Lipinski definition) is 1. The summed E-state index contributed by atoms with van der Waals surface area (Å²) in [6, 6.07) is 16.2. The molecule has 2 aromatic carbocycles. The third kappa shape index (κ3) is 3.45. The Bertz CT molecular complexity index is 1220. The van der Waals surface area contributed by atoms with E-state index >= 15 is 0 Å². The van der Waals surface area contributed by atoms with Gasteiger partial charge in [0.25, 0.3) is 5.91 Å². The smallest absolute Gasteiger partial charge is 0.274 e. The highest BCUT2D eigenvalue weighted by molar-refractivity contribution is 6.18. The average Bonchev–Trinajstić information content (AvgIpc) is 3.28. The summed E-state index contributed by atoms with van der Waals surface area (Å²) in [6.07, 6.45) is 0. The Labute approximate surface area is 168 Å². The minimum Gasteiger partial charge on any atom is -0.450 e. The Balaban J connectivity index is 1.78. The van der Waals surface area contributed by atoms with E-state index in [1.165, 1.54) is 0 Å². The van der Waals surface area contributed by atoms with Gasteiger partial charge in [0.05, 0.1) is 11.4 Å². The maximum absolute atomic E-state index is 13.1. The molecule has 146 valence electrons. The van der Waals surface area contributed by atoms with Crippen LogP contribution < -0.4 is 5.32 Å². The lowest BCUT2D eigenvalue weighted by molar-refractivity contribution is 0.101. The van der Waals surface area contributed by atoms with Gasteiger partial charge < -0.3 is 9.73 Å². The molecule has 0 atom stereocenters. The van der Waals surface area contributed by atoms with E-state index in [0.717, 1.165) is 11.3 Å². The van der Waals surface area contributed by atoms with E-state index in [-0.39, 0.29) is 17.5 Å². The first-order valence-electron chi connectivity index (χ1n) is 9.46. The topological polar surface area (TPSA) is 77.1 Å². The number of amides is 1. The number of aromatic nitrogens is 2. The second kappa shape index (κ2) is 7.39. The molecular formula is C23H21N3O3. The van der Waals surface area contributed by atoms with E-state index in [1.807, 2.05) is 51.1 Å². The predicted octanol–water partition coefficient (Wildman–Crippen LogP) is 4.75. The van der Waals surface area contributed by atoms with Crippen molar-refractivity contribution in [3.8, 4) is 0 Å². The summed E-state index contributed by atoms with van der Waals surface area (Å²) in [5.74, 6) is -0.503. The maximum atomic E-state index is 13.1. The molecule has 4 aromatic rings. The molecular weight excluding hydrogens is 366 g/mol. The number of carbonyl (C=O) groups excluding carboxylic acids is 2. The summed E-state index contributed by atoms with van der Waals surface area (Å²) in [5, 5.41) is 7.88. The molecule has 0 fully saturated rings. The fraction of sp³-hybridized carbons (Fsp3) is 0.174. The van der Waals surface area contributed by atoms with Crippen LogP contribution >= 0.6 is 0 Å². The zero-order valence-electron chi connectivity index (χ0n) is 16.5. The van der Waals surface area contributed by atoms with E-state index in [1.54, 1.807) is 28.9 Å². The molecule has 2 heterocycles. The lowest BCUT2D eigenvalue weighted by Gasteiger charge is -2.07. The molecule has 1 amide bonds. The highest BCUT2D eigenvalue weighted by Crippen LogP contribution is 2.33. The van der Waals surface area contributed by atoms with Crippen LogP contribution in [0.5, 0.6) is 0 Å². The number of ketones is 1. The Morgan fingerprint density at radius 3 is 2.52 bits per heavy atom. The summed E-state index contributed by atoms with van der Waals surface area (Å²) in [7, 11) is 0. The van der Waals surface area contributed by atoms with Crippen LogP contribution in [0.3, 0.4) is 0 Å². The van der Waals surface area contributed by atoms with Crippen LogP contribution in [0, 0.1) is 13.8 Å². The number of nitrogens with one attached hydrogen (secondary N) is 1. The molecule has 0 bridgehead atoms. The van der Waals surface area contributed by atoms with E-state index < -0.39 is 0 Å². The van der Waals surface area contributed by atoms with Gasteiger partial charge in [-0.05, 0) is 39.0 Å². The van der Waals surface area contributed by atoms with E-state index in [2.05, 4.69) is 10.4 Å². The number of benzene rings is 2. The number of aryl methyl sites for hydroxylation is 3. The van der Waals surface area contributed by atoms with Crippen LogP contribution in [0.25, 0.3) is 11.0 Å². The van der Waals surface area contributed by atoms with Gasteiger partial charge in [0.1, 0.15) is 11.3 Å². The Hall–Kier alpha value is -3.67. The van der Waals surface area contributed by atoms with Gasteiger partial charge in [-0.15, -0.1) is 0 Å². The molecule has 0 aliphatic heterocycles. The quantitative estimate of drug-likeness (QED) is 0.501. The Morgan fingerprint density at radius 1 is 1.07 bits per heavy atom. The third-order valence-corrected chi connectivity index (χ3v) is 4.79.